The molecule has 0 saturated carbocycles. The molecule has 78 valence electrons. The van der Waals surface area contributed by atoms with E-state index in [0.717, 1.165) is 18.7 Å². The molecular formula is C10H17N3O. The third-order valence-electron chi connectivity index (χ3n) is 2.62. The minimum absolute atomic E-state index is 0.0277. The Kier molecular flexibility index (Phi) is 2.56. The number of aromatic nitrogens is 2. The van der Waals surface area contributed by atoms with E-state index in [1.807, 2.05) is 16.9 Å². The van der Waals surface area contributed by atoms with Gasteiger partial charge in [0.05, 0.1) is 5.69 Å². The van der Waals surface area contributed by atoms with Gasteiger partial charge in [-0.25, -0.2) is 0 Å². The Morgan fingerprint density at radius 2 is 2.43 bits per heavy atom. The van der Waals surface area contributed by atoms with Crippen molar-refractivity contribution in [1.29, 1.82) is 0 Å². The molecule has 2 rings (SSSR count). The normalized spacial score (nSPS) is 27.4. The molecule has 1 fully saturated rings. The average Bonchev–Trinajstić information content (AvgIpc) is 2.70. The summed E-state index contributed by atoms with van der Waals surface area (Å²) in [5, 5.41) is 4.28. The maximum Gasteiger partial charge on any atom is 0.114 e. The van der Waals surface area contributed by atoms with Gasteiger partial charge in [0, 0.05) is 24.9 Å². The summed E-state index contributed by atoms with van der Waals surface area (Å²) in [4.78, 5) is 0. The molecule has 4 heteroatoms. The van der Waals surface area contributed by atoms with E-state index in [1.54, 1.807) is 0 Å². The first-order chi connectivity index (χ1) is 6.70. The van der Waals surface area contributed by atoms with Gasteiger partial charge in [-0.3, -0.25) is 4.68 Å². The van der Waals surface area contributed by atoms with Crippen LogP contribution >= 0.6 is 0 Å². The zero-order valence-electron chi connectivity index (χ0n) is 8.68. The Hall–Kier alpha value is -0.870. The number of nitrogens with zero attached hydrogens (tertiary/aromatic N) is 2. The van der Waals surface area contributed by atoms with Crippen molar-refractivity contribution in [3.8, 4) is 0 Å². The smallest absolute Gasteiger partial charge is 0.114 e. The molecule has 2 atom stereocenters. The highest BCUT2D eigenvalue weighted by atomic mass is 16.5. The molecule has 1 aliphatic rings. The Labute approximate surface area is 84.0 Å². The van der Waals surface area contributed by atoms with Gasteiger partial charge < -0.3 is 10.5 Å². The molecule has 0 bridgehead atoms. The summed E-state index contributed by atoms with van der Waals surface area (Å²) in [7, 11) is 0. The number of nitrogens with two attached hydrogens (primary N) is 1. The van der Waals surface area contributed by atoms with Crippen molar-refractivity contribution in [2.24, 2.45) is 5.73 Å². The zero-order chi connectivity index (χ0) is 10.1. The van der Waals surface area contributed by atoms with E-state index in [-0.39, 0.29) is 12.1 Å². The van der Waals surface area contributed by atoms with Crippen LogP contribution in [0.5, 0.6) is 0 Å². The second kappa shape index (κ2) is 3.71. The molecule has 0 aromatic carbocycles. The first-order valence-corrected chi connectivity index (χ1v) is 5.10. The lowest BCUT2D eigenvalue weighted by Gasteiger charge is -2.18. The van der Waals surface area contributed by atoms with Crippen molar-refractivity contribution in [3.63, 3.8) is 0 Å². The molecule has 2 N–H and O–H groups in total. The molecule has 0 radical (unpaired) electrons. The topological polar surface area (TPSA) is 53.1 Å². The van der Waals surface area contributed by atoms with Crippen LogP contribution in [0.1, 0.15) is 38.1 Å². The predicted molar refractivity (Wildman–Crippen MR) is 53.9 cm³/mol. The highest BCUT2D eigenvalue weighted by Gasteiger charge is 2.29. The standard InChI is InChI=1S/C10H17N3O/c1-7(2)13-9(3-5-12-13)10-8(11)4-6-14-10/h3,5,7-8,10H,4,6,11H2,1-2H3/t8-,10-/m1/s1. The predicted octanol–water partition coefficient (Wildman–Crippen LogP) is 1.25. The van der Waals surface area contributed by atoms with Crippen molar-refractivity contribution in [2.45, 2.75) is 38.5 Å². The summed E-state index contributed by atoms with van der Waals surface area (Å²) in [5.74, 6) is 0. The summed E-state index contributed by atoms with van der Waals surface area (Å²) >= 11 is 0. The van der Waals surface area contributed by atoms with Crippen LogP contribution in [0.25, 0.3) is 0 Å². The van der Waals surface area contributed by atoms with Crippen LogP contribution in [0.3, 0.4) is 0 Å². The van der Waals surface area contributed by atoms with Crippen LogP contribution < -0.4 is 5.73 Å². The summed E-state index contributed by atoms with van der Waals surface area (Å²) in [6.45, 7) is 4.98. The highest BCUT2D eigenvalue weighted by molar-refractivity contribution is 5.10. The Morgan fingerprint density at radius 1 is 1.64 bits per heavy atom. The van der Waals surface area contributed by atoms with Crippen LogP contribution in [0.4, 0.5) is 0 Å². The van der Waals surface area contributed by atoms with Crippen LogP contribution in [-0.2, 0) is 4.74 Å². The minimum Gasteiger partial charge on any atom is -0.370 e. The van der Waals surface area contributed by atoms with E-state index in [9.17, 15) is 0 Å². The molecular weight excluding hydrogens is 178 g/mol. The number of hydrogen-bond donors (Lipinski definition) is 1. The number of hydrogen-bond acceptors (Lipinski definition) is 3. The molecule has 0 aliphatic carbocycles. The number of ether oxygens (including phenoxy) is 1. The molecule has 4 nitrogen and oxygen atoms in total. The van der Waals surface area contributed by atoms with Gasteiger partial charge in [0.15, 0.2) is 0 Å². The zero-order valence-corrected chi connectivity index (χ0v) is 8.68. The van der Waals surface area contributed by atoms with Gasteiger partial charge in [0.1, 0.15) is 6.10 Å². The molecule has 0 spiro atoms. The van der Waals surface area contributed by atoms with E-state index in [2.05, 4.69) is 18.9 Å². The third kappa shape index (κ3) is 1.55. The van der Waals surface area contributed by atoms with Gasteiger partial charge in [0.25, 0.3) is 0 Å². The van der Waals surface area contributed by atoms with Crippen molar-refractivity contribution in [3.05, 3.63) is 18.0 Å². The first-order valence-electron chi connectivity index (χ1n) is 5.10. The van der Waals surface area contributed by atoms with Crippen molar-refractivity contribution >= 4 is 0 Å². The molecule has 1 saturated heterocycles. The summed E-state index contributed by atoms with van der Waals surface area (Å²) in [6, 6.07) is 2.47. The molecule has 0 amide bonds. The van der Waals surface area contributed by atoms with E-state index in [0.29, 0.717) is 6.04 Å². The summed E-state index contributed by atoms with van der Waals surface area (Å²) in [6.07, 6.45) is 2.78. The lowest BCUT2D eigenvalue weighted by molar-refractivity contribution is 0.0963. The monoisotopic (exact) mass is 195 g/mol. The lowest BCUT2D eigenvalue weighted by Crippen LogP contribution is -2.26. The Bertz CT molecular complexity index is 308. The van der Waals surface area contributed by atoms with Crippen LogP contribution in [0.2, 0.25) is 0 Å². The van der Waals surface area contributed by atoms with Gasteiger partial charge in [-0.05, 0) is 26.3 Å². The fourth-order valence-corrected chi connectivity index (χ4v) is 1.89. The SMILES string of the molecule is CC(C)n1nccc1[C@@H]1OCC[C@H]1N. The maximum atomic E-state index is 5.97. The van der Waals surface area contributed by atoms with Gasteiger partial charge >= 0.3 is 0 Å². The maximum absolute atomic E-state index is 5.97. The third-order valence-corrected chi connectivity index (χ3v) is 2.62. The average molecular weight is 195 g/mol. The van der Waals surface area contributed by atoms with E-state index >= 15 is 0 Å². The van der Waals surface area contributed by atoms with Crippen molar-refractivity contribution in [1.82, 2.24) is 9.78 Å². The van der Waals surface area contributed by atoms with E-state index in [4.69, 9.17) is 10.5 Å². The first kappa shape index (κ1) is 9.68. The molecule has 1 aliphatic heterocycles. The molecule has 1 aromatic heterocycles. The summed E-state index contributed by atoms with van der Waals surface area (Å²) < 4.78 is 7.60. The largest absolute Gasteiger partial charge is 0.370 e. The van der Waals surface area contributed by atoms with Gasteiger partial charge in [-0.1, -0.05) is 0 Å². The Morgan fingerprint density at radius 3 is 3.00 bits per heavy atom. The highest BCUT2D eigenvalue weighted by Crippen LogP contribution is 2.28. The molecule has 0 unspecified atom stereocenters. The van der Waals surface area contributed by atoms with E-state index < -0.39 is 0 Å². The van der Waals surface area contributed by atoms with Gasteiger partial charge in [-0.2, -0.15) is 5.10 Å². The number of rotatable bonds is 2. The Balaban J connectivity index is 2.26. The van der Waals surface area contributed by atoms with Crippen LogP contribution in [-0.4, -0.2) is 22.4 Å². The van der Waals surface area contributed by atoms with E-state index in [1.165, 1.54) is 0 Å². The molecule has 1 aromatic rings. The second-order valence-corrected chi connectivity index (χ2v) is 4.04. The van der Waals surface area contributed by atoms with Crippen molar-refractivity contribution < 1.29 is 4.74 Å². The van der Waals surface area contributed by atoms with Gasteiger partial charge in [0.2, 0.25) is 0 Å². The minimum atomic E-state index is 0.0277. The van der Waals surface area contributed by atoms with Gasteiger partial charge in [-0.15, -0.1) is 0 Å². The lowest BCUT2D eigenvalue weighted by atomic mass is 10.1. The summed E-state index contributed by atoms with van der Waals surface area (Å²) in [5.41, 5.74) is 7.07. The van der Waals surface area contributed by atoms with Crippen molar-refractivity contribution in [2.75, 3.05) is 6.61 Å². The van der Waals surface area contributed by atoms with Crippen LogP contribution in [0.15, 0.2) is 12.3 Å². The quantitative estimate of drug-likeness (QED) is 0.772. The second-order valence-electron chi connectivity index (χ2n) is 4.04. The molecule has 2 heterocycles. The fraction of sp³-hybridized carbons (Fsp3) is 0.700. The fourth-order valence-electron chi connectivity index (χ4n) is 1.89. The van der Waals surface area contributed by atoms with Crippen LogP contribution in [0, 0.1) is 0 Å². The molecule has 14 heavy (non-hydrogen) atoms.